The average Bonchev–Trinajstić information content (AvgIpc) is 3.55. The van der Waals surface area contributed by atoms with Crippen molar-refractivity contribution >= 4 is 58.5 Å². The first-order chi connectivity index (χ1) is 20.4. The fourth-order valence-electron chi connectivity index (χ4n) is 5.18. The van der Waals surface area contributed by atoms with Gasteiger partial charge in [-0.05, 0) is 78.3 Å². The van der Waals surface area contributed by atoms with Crippen LogP contribution >= 0.6 is 15.9 Å². The van der Waals surface area contributed by atoms with Gasteiger partial charge in [-0.25, -0.2) is 31.9 Å². The topological polar surface area (TPSA) is 165 Å². The summed E-state index contributed by atoms with van der Waals surface area (Å²) in [6, 6.07) is 15.1. The number of hydrogen-bond acceptors (Lipinski definition) is 8. The number of aryl methyl sites for hydroxylation is 1. The van der Waals surface area contributed by atoms with Crippen LogP contribution in [0.2, 0.25) is 0 Å². The molecule has 12 nitrogen and oxygen atoms in total. The molecule has 224 valence electrons. The molecule has 1 aliphatic heterocycles. The molecule has 5 aromatic rings. The van der Waals surface area contributed by atoms with Crippen LogP contribution in [0.3, 0.4) is 0 Å². The van der Waals surface area contributed by atoms with Crippen molar-refractivity contribution in [3.05, 3.63) is 76.7 Å². The molecule has 15 heteroatoms. The summed E-state index contributed by atoms with van der Waals surface area (Å²) < 4.78 is 59.3. The molecule has 1 fully saturated rings. The molecule has 1 aliphatic rings. The second-order valence-electron chi connectivity index (χ2n) is 10.1. The molecule has 0 unspecified atom stereocenters. The lowest BCUT2D eigenvalue weighted by molar-refractivity contribution is 0.0730. The number of halogens is 1. The number of H-pyrrole nitrogens is 1. The Morgan fingerprint density at radius 2 is 1.72 bits per heavy atom. The van der Waals surface area contributed by atoms with E-state index in [1.165, 1.54) is 16.4 Å². The summed E-state index contributed by atoms with van der Waals surface area (Å²) in [7, 11) is -7.47. The monoisotopic (exact) mass is 685 g/mol. The smallest absolute Gasteiger partial charge is 0.243 e. The van der Waals surface area contributed by atoms with Gasteiger partial charge in [-0.2, -0.15) is 4.31 Å². The van der Waals surface area contributed by atoms with Gasteiger partial charge in [0.15, 0.2) is 5.65 Å². The second kappa shape index (κ2) is 11.2. The van der Waals surface area contributed by atoms with Crippen LogP contribution < -0.4 is 10.5 Å². The number of fused-ring (bicyclic) bond motifs is 1. The molecule has 43 heavy (non-hydrogen) atoms. The maximum absolute atomic E-state index is 13.1. The Balaban J connectivity index is 1.34. The van der Waals surface area contributed by atoms with E-state index >= 15 is 0 Å². The van der Waals surface area contributed by atoms with Crippen LogP contribution in [0.4, 0.5) is 11.4 Å². The van der Waals surface area contributed by atoms with E-state index in [4.69, 9.17) is 14.9 Å². The molecule has 0 bridgehead atoms. The van der Waals surface area contributed by atoms with E-state index in [-0.39, 0.29) is 9.79 Å². The molecule has 0 atom stereocenters. The van der Waals surface area contributed by atoms with Gasteiger partial charge in [0.1, 0.15) is 11.3 Å². The molecule has 3 aromatic heterocycles. The van der Waals surface area contributed by atoms with Gasteiger partial charge in [-0.15, -0.1) is 0 Å². The van der Waals surface area contributed by atoms with Crippen LogP contribution in [0, 0.1) is 13.8 Å². The van der Waals surface area contributed by atoms with Crippen molar-refractivity contribution < 1.29 is 21.6 Å². The lowest BCUT2D eigenvalue weighted by Crippen LogP contribution is -2.40. The van der Waals surface area contributed by atoms with E-state index in [0.717, 1.165) is 22.6 Å². The van der Waals surface area contributed by atoms with Crippen molar-refractivity contribution in [3.8, 4) is 17.1 Å². The van der Waals surface area contributed by atoms with Crippen molar-refractivity contribution in [3.63, 3.8) is 0 Å². The Labute approximate surface area is 257 Å². The zero-order chi connectivity index (χ0) is 30.5. The Kier molecular flexibility index (Phi) is 7.64. The number of benzene rings is 2. The highest BCUT2D eigenvalue weighted by Crippen LogP contribution is 2.35. The molecule has 0 radical (unpaired) electrons. The number of ether oxygens (including phenoxy) is 1. The van der Waals surface area contributed by atoms with Crippen LogP contribution in [0.15, 0.2) is 75.1 Å². The molecule has 0 aliphatic carbocycles. The number of aromatic amines is 1. The molecule has 4 N–H and O–H groups in total. The predicted molar refractivity (Wildman–Crippen MR) is 167 cm³/mol. The maximum atomic E-state index is 13.1. The quantitative estimate of drug-likeness (QED) is 0.229. The van der Waals surface area contributed by atoms with Gasteiger partial charge in [0.2, 0.25) is 20.0 Å². The normalized spacial score (nSPS) is 14.8. The number of aromatic nitrogens is 4. The van der Waals surface area contributed by atoms with E-state index in [1.807, 2.05) is 24.5 Å². The first-order valence-electron chi connectivity index (χ1n) is 13.3. The number of hydrogen-bond donors (Lipinski definition) is 3. The summed E-state index contributed by atoms with van der Waals surface area (Å²) in [5.74, 6) is 0.591. The second-order valence-corrected chi connectivity index (χ2v) is 14.4. The minimum absolute atomic E-state index is 0.0131. The third-order valence-electron chi connectivity index (χ3n) is 7.29. The van der Waals surface area contributed by atoms with E-state index in [2.05, 4.69) is 31.2 Å². The SMILES string of the molecule is Cc1cc(-c2nc3c(Nc4cccc(S(N)(=O)=O)c4)c(Br)cnc3[nH]2)c(C)n1-c1ccc(S(=O)(=O)N2CCOCC2)cc1. The number of anilines is 2. The van der Waals surface area contributed by atoms with Crippen molar-refractivity contribution in [1.82, 2.24) is 23.8 Å². The summed E-state index contributed by atoms with van der Waals surface area (Å²) in [4.78, 5) is 12.9. The van der Waals surface area contributed by atoms with E-state index in [9.17, 15) is 16.8 Å². The number of nitrogens with one attached hydrogen (secondary N) is 2. The van der Waals surface area contributed by atoms with E-state index in [0.29, 0.717) is 59.1 Å². The number of primary sulfonamides is 1. The van der Waals surface area contributed by atoms with Gasteiger partial charge >= 0.3 is 0 Å². The van der Waals surface area contributed by atoms with Crippen molar-refractivity contribution in [2.45, 2.75) is 23.6 Å². The number of morpholine rings is 1. The van der Waals surface area contributed by atoms with Gasteiger partial charge in [0, 0.05) is 47.6 Å². The summed E-state index contributed by atoms with van der Waals surface area (Å²) in [6.07, 6.45) is 1.63. The predicted octanol–water partition coefficient (Wildman–Crippen LogP) is 4.21. The van der Waals surface area contributed by atoms with Crippen LogP contribution in [0.1, 0.15) is 11.4 Å². The fourth-order valence-corrected chi connectivity index (χ4v) is 7.53. The molecular formula is C28H28BrN7O5S2. The lowest BCUT2D eigenvalue weighted by Gasteiger charge is -2.26. The Morgan fingerprint density at radius 1 is 1.00 bits per heavy atom. The molecule has 4 heterocycles. The van der Waals surface area contributed by atoms with Crippen molar-refractivity contribution in [2.75, 3.05) is 31.6 Å². The molecular weight excluding hydrogens is 658 g/mol. The number of imidazole rings is 1. The molecule has 2 aromatic carbocycles. The van der Waals surface area contributed by atoms with Gasteiger partial charge in [0.25, 0.3) is 0 Å². The molecule has 0 spiro atoms. The number of nitrogens with zero attached hydrogens (tertiary/aromatic N) is 4. The fraction of sp³-hybridized carbons (Fsp3) is 0.214. The largest absolute Gasteiger partial charge is 0.379 e. The highest BCUT2D eigenvalue weighted by atomic mass is 79.9. The molecule has 1 saturated heterocycles. The van der Waals surface area contributed by atoms with Gasteiger partial charge in [-0.3, -0.25) is 0 Å². The van der Waals surface area contributed by atoms with Crippen LogP contribution in [0.5, 0.6) is 0 Å². The third-order valence-corrected chi connectivity index (χ3v) is 10.7. The molecule has 6 rings (SSSR count). The van der Waals surface area contributed by atoms with Crippen LogP contribution in [-0.4, -0.2) is 67.0 Å². The minimum atomic E-state index is -3.87. The Hall–Kier alpha value is -3.60. The Bertz CT molecular complexity index is 2070. The summed E-state index contributed by atoms with van der Waals surface area (Å²) >= 11 is 3.53. The Morgan fingerprint density at radius 3 is 2.42 bits per heavy atom. The molecule has 0 amide bonds. The highest BCUT2D eigenvalue weighted by Gasteiger charge is 2.26. The summed E-state index contributed by atoms with van der Waals surface area (Å²) in [5.41, 5.74) is 5.69. The standard InChI is InChI=1S/C28H28BrN7O5S2/c1-17-14-23(18(2)36(17)20-6-8-21(9-7-20)43(39,40)35-10-12-41-13-11-35)27-33-26-25(24(29)16-31-28(26)34-27)32-19-4-3-5-22(15-19)42(30,37)38/h3-9,14-16H,10-13H2,1-2H3,(H2,30,37,38)(H2,31,32,33,34). The van der Waals surface area contributed by atoms with Crippen molar-refractivity contribution in [1.29, 1.82) is 0 Å². The van der Waals surface area contributed by atoms with Gasteiger partial charge < -0.3 is 19.6 Å². The lowest BCUT2D eigenvalue weighted by atomic mass is 10.2. The first-order valence-corrected chi connectivity index (χ1v) is 17.0. The summed E-state index contributed by atoms with van der Waals surface area (Å²) in [5, 5.41) is 8.54. The summed E-state index contributed by atoms with van der Waals surface area (Å²) in [6.45, 7) is 5.39. The number of sulfonamides is 2. The van der Waals surface area contributed by atoms with Crippen LogP contribution in [-0.2, 0) is 24.8 Å². The third kappa shape index (κ3) is 5.59. The number of nitrogens with two attached hydrogens (primary N) is 1. The van der Waals surface area contributed by atoms with Gasteiger partial charge in [-0.1, -0.05) is 6.07 Å². The zero-order valence-electron chi connectivity index (χ0n) is 23.2. The van der Waals surface area contributed by atoms with E-state index in [1.54, 1.807) is 42.6 Å². The zero-order valence-corrected chi connectivity index (χ0v) is 26.4. The van der Waals surface area contributed by atoms with Crippen molar-refractivity contribution in [2.24, 2.45) is 5.14 Å². The molecule has 0 saturated carbocycles. The number of rotatable bonds is 7. The van der Waals surface area contributed by atoms with Gasteiger partial charge in [0.05, 0.1) is 33.2 Å². The van der Waals surface area contributed by atoms with E-state index < -0.39 is 20.0 Å². The maximum Gasteiger partial charge on any atom is 0.243 e. The minimum Gasteiger partial charge on any atom is -0.379 e. The van der Waals surface area contributed by atoms with Crippen LogP contribution in [0.25, 0.3) is 28.2 Å². The first kappa shape index (κ1) is 29.5. The number of pyridine rings is 1. The highest BCUT2D eigenvalue weighted by molar-refractivity contribution is 9.10. The average molecular weight is 687 g/mol.